The molecule has 6 rings (SSSR count). The van der Waals surface area contributed by atoms with Gasteiger partial charge in [-0.05, 0) is 31.9 Å². The van der Waals surface area contributed by atoms with Gasteiger partial charge in [-0.15, -0.1) is 0 Å². The Hall–Kier alpha value is -3.46. The molecule has 2 aliphatic rings. The predicted octanol–water partition coefficient (Wildman–Crippen LogP) is 3.26. The number of likely N-dealkylation sites (N-methyl/N-ethyl adjacent to an activating group) is 1. The van der Waals surface area contributed by atoms with Crippen LogP contribution >= 0.6 is 0 Å². The third-order valence-electron chi connectivity index (χ3n) is 7.23. The fraction of sp³-hybridized carbons (Fsp3) is 0.440. The number of rotatable bonds is 3. The standard InChI is InChI=1S/C25H29N7O2/c1-15-25(33)29(2)14-21-23(27-24(32(15)21)16-7-9-34-10-8-16)17-5-6-20-19(11-17)22(28-31(20)4)18-12-26-30(3)13-18/h5-6,11-13,15-16H,7-10,14H2,1-4H3. The zero-order valence-corrected chi connectivity index (χ0v) is 20.0. The summed E-state index contributed by atoms with van der Waals surface area (Å²) in [7, 11) is 5.75. The number of carbonyl (C=O) groups is 1. The first kappa shape index (κ1) is 21.1. The van der Waals surface area contributed by atoms with Gasteiger partial charge in [0.25, 0.3) is 0 Å². The number of aromatic nitrogens is 6. The number of benzene rings is 1. The van der Waals surface area contributed by atoms with Crippen molar-refractivity contribution in [1.82, 2.24) is 34.0 Å². The highest BCUT2D eigenvalue weighted by molar-refractivity contribution is 5.96. The second-order valence-corrected chi connectivity index (χ2v) is 9.50. The summed E-state index contributed by atoms with van der Waals surface area (Å²) in [6, 6.07) is 6.15. The minimum Gasteiger partial charge on any atom is -0.381 e. The molecule has 4 aromatic rings. The SMILES string of the molecule is CC1C(=O)N(C)Cc2c(-c3ccc4c(c3)c(-c3cnn(C)c3)nn4C)nc(C3CCOCC3)n21. The maximum atomic E-state index is 12.9. The van der Waals surface area contributed by atoms with E-state index in [1.807, 2.05) is 50.0 Å². The molecular weight excluding hydrogens is 430 g/mol. The molecule has 9 heteroatoms. The van der Waals surface area contributed by atoms with Crippen LogP contribution in [0.1, 0.15) is 43.2 Å². The quantitative estimate of drug-likeness (QED) is 0.470. The molecule has 34 heavy (non-hydrogen) atoms. The number of hydrogen-bond acceptors (Lipinski definition) is 5. The number of nitrogens with zero attached hydrogens (tertiary/aromatic N) is 7. The fourth-order valence-corrected chi connectivity index (χ4v) is 5.45. The van der Waals surface area contributed by atoms with E-state index in [1.54, 1.807) is 4.68 Å². The second kappa shape index (κ2) is 7.80. The highest BCUT2D eigenvalue weighted by Crippen LogP contribution is 2.39. The molecule has 0 N–H and O–H groups in total. The second-order valence-electron chi connectivity index (χ2n) is 9.50. The summed E-state index contributed by atoms with van der Waals surface area (Å²) in [6.07, 6.45) is 5.69. The van der Waals surface area contributed by atoms with Gasteiger partial charge in [0, 0.05) is 63.0 Å². The van der Waals surface area contributed by atoms with Gasteiger partial charge in [0.1, 0.15) is 17.6 Å². The van der Waals surface area contributed by atoms with E-state index in [2.05, 4.69) is 27.9 Å². The van der Waals surface area contributed by atoms with Crippen LogP contribution in [-0.4, -0.2) is 60.2 Å². The van der Waals surface area contributed by atoms with E-state index >= 15 is 0 Å². The molecule has 1 fully saturated rings. The lowest BCUT2D eigenvalue weighted by molar-refractivity contribution is -0.135. The van der Waals surface area contributed by atoms with Crippen molar-refractivity contribution in [2.45, 2.75) is 38.3 Å². The first-order chi connectivity index (χ1) is 16.4. The Bertz CT molecular complexity index is 1410. The fourth-order valence-electron chi connectivity index (χ4n) is 5.45. The van der Waals surface area contributed by atoms with Gasteiger partial charge in [-0.1, -0.05) is 6.07 Å². The van der Waals surface area contributed by atoms with Gasteiger partial charge in [-0.25, -0.2) is 4.98 Å². The molecule has 0 aliphatic carbocycles. The summed E-state index contributed by atoms with van der Waals surface area (Å²) in [6.45, 7) is 4.01. The first-order valence-corrected chi connectivity index (χ1v) is 11.8. The highest BCUT2D eigenvalue weighted by atomic mass is 16.5. The Labute approximate surface area is 197 Å². The van der Waals surface area contributed by atoms with E-state index in [4.69, 9.17) is 14.8 Å². The lowest BCUT2D eigenvalue weighted by Gasteiger charge is -2.32. The molecule has 0 bridgehead atoms. The Morgan fingerprint density at radius 1 is 1.06 bits per heavy atom. The van der Waals surface area contributed by atoms with Crippen LogP contribution in [0.5, 0.6) is 0 Å². The van der Waals surface area contributed by atoms with Gasteiger partial charge in [-0.3, -0.25) is 14.2 Å². The summed E-state index contributed by atoms with van der Waals surface area (Å²) in [4.78, 5) is 19.9. The van der Waals surface area contributed by atoms with Gasteiger partial charge in [0.15, 0.2) is 0 Å². The minimum atomic E-state index is -0.263. The van der Waals surface area contributed by atoms with E-state index in [0.717, 1.165) is 71.0 Å². The van der Waals surface area contributed by atoms with Crippen molar-refractivity contribution in [1.29, 1.82) is 0 Å². The third kappa shape index (κ3) is 3.18. The van der Waals surface area contributed by atoms with Crippen molar-refractivity contribution in [2.24, 2.45) is 14.1 Å². The molecule has 1 saturated heterocycles. The van der Waals surface area contributed by atoms with Crippen LogP contribution < -0.4 is 0 Å². The topological polar surface area (TPSA) is 83.0 Å². The van der Waals surface area contributed by atoms with Crippen molar-refractivity contribution < 1.29 is 9.53 Å². The van der Waals surface area contributed by atoms with Crippen molar-refractivity contribution in [3.05, 3.63) is 42.1 Å². The van der Waals surface area contributed by atoms with Gasteiger partial charge in [0.2, 0.25) is 5.91 Å². The van der Waals surface area contributed by atoms with Crippen molar-refractivity contribution >= 4 is 16.8 Å². The zero-order valence-electron chi connectivity index (χ0n) is 20.0. The summed E-state index contributed by atoms with van der Waals surface area (Å²) in [5.74, 6) is 1.44. The number of hydrogen-bond donors (Lipinski definition) is 0. The largest absolute Gasteiger partial charge is 0.381 e. The summed E-state index contributed by atoms with van der Waals surface area (Å²) in [5, 5.41) is 10.2. The minimum absolute atomic E-state index is 0.131. The number of amides is 1. The molecule has 3 aromatic heterocycles. The molecular formula is C25H29N7O2. The number of aryl methyl sites for hydroxylation is 2. The summed E-state index contributed by atoms with van der Waals surface area (Å²) < 4.78 is 11.5. The van der Waals surface area contributed by atoms with Crippen molar-refractivity contribution in [3.63, 3.8) is 0 Å². The molecule has 0 spiro atoms. The number of fused-ring (bicyclic) bond motifs is 2. The van der Waals surface area contributed by atoms with E-state index in [9.17, 15) is 4.79 Å². The average Bonchev–Trinajstić information content (AvgIpc) is 3.53. The molecule has 0 saturated carbocycles. The molecule has 2 aliphatic heterocycles. The number of ether oxygens (including phenoxy) is 1. The van der Waals surface area contributed by atoms with E-state index in [0.29, 0.717) is 12.5 Å². The molecule has 1 unspecified atom stereocenters. The maximum Gasteiger partial charge on any atom is 0.245 e. The number of imidazole rings is 1. The Kier molecular flexibility index (Phi) is 4.84. The molecule has 1 aromatic carbocycles. The van der Waals surface area contributed by atoms with Gasteiger partial charge in [0.05, 0.1) is 29.6 Å². The lowest BCUT2D eigenvalue weighted by atomic mass is 9.98. The van der Waals surface area contributed by atoms with E-state index < -0.39 is 0 Å². The first-order valence-electron chi connectivity index (χ1n) is 11.8. The molecule has 5 heterocycles. The van der Waals surface area contributed by atoms with Crippen LogP contribution in [0.4, 0.5) is 0 Å². The van der Waals surface area contributed by atoms with Crippen LogP contribution in [0.2, 0.25) is 0 Å². The van der Waals surface area contributed by atoms with Gasteiger partial charge < -0.3 is 14.2 Å². The monoisotopic (exact) mass is 459 g/mol. The maximum absolute atomic E-state index is 12.9. The Balaban J connectivity index is 1.54. The van der Waals surface area contributed by atoms with Crippen LogP contribution in [0, 0.1) is 0 Å². The third-order valence-corrected chi connectivity index (χ3v) is 7.23. The molecule has 1 atom stereocenters. The zero-order chi connectivity index (χ0) is 23.6. The van der Waals surface area contributed by atoms with Crippen molar-refractivity contribution in [3.8, 4) is 22.5 Å². The Morgan fingerprint density at radius 3 is 2.59 bits per heavy atom. The van der Waals surface area contributed by atoms with E-state index in [1.165, 1.54) is 0 Å². The smallest absolute Gasteiger partial charge is 0.245 e. The average molecular weight is 460 g/mol. The Morgan fingerprint density at radius 2 is 1.85 bits per heavy atom. The van der Waals surface area contributed by atoms with Crippen molar-refractivity contribution in [2.75, 3.05) is 20.3 Å². The normalized spacial score (nSPS) is 19.2. The summed E-state index contributed by atoms with van der Waals surface area (Å²) >= 11 is 0. The van der Waals surface area contributed by atoms with Gasteiger partial charge in [-0.2, -0.15) is 10.2 Å². The molecule has 9 nitrogen and oxygen atoms in total. The number of carbonyl (C=O) groups excluding carboxylic acids is 1. The highest BCUT2D eigenvalue weighted by Gasteiger charge is 2.35. The van der Waals surface area contributed by atoms with Crippen LogP contribution in [0.15, 0.2) is 30.6 Å². The summed E-state index contributed by atoms with van der Waals surface area (Å²) in [5.41, 5.74) is 6.05. The van der Waals surface area contributed by atoms with Crippen LogP contribution in [0.3, 0.4) is 0 Å². The van der Waals surface area contributed by atoms with Crippen LogP contribution in [0.25, 0.3) is 33.4 Å². The van der Waals surface area contributed by atoms with E-state index in [-0.39, 0.29) is 11.9 Å². The predicted molar refractivity (Wildman–Crippen MR) is 128 cm³/mol. The van der Waals surface area contributed by atoms with Crippen LogP contribution in [-0.2, 0) is 30.2 Å². The van der Waals surface area contributed by atoms with Gasteiger partial charge >= 0.3 is 0 Å². The lowest BCUT2D eigenvalue weighted by Crippen LogP contribution is -2.40. The molecule has 176 valence electrons. The molecule has 1 amide bonds. The molecule has 0 radical (unpaired) electrons.